The van der Waals surface area contributed by atoms with Crippen LogP contribution in [0, 0.1) is 23.3 Å². The van der Waals surface area contributed by atoms with Crippen molar-refractivity contribution in [3.05, 3.63) is 237 Å². The number of benzene rings is 7. The number of aryl methyl sites for hydroxylation is 3. The van der Waals surface area contributed by atoms with E-state index in [-0.39, 0.29) is 118 Å². The Morgan fingerprint density at radius 2 is 0.547 bits per heavy atom. The van der Waals surface area contributed by atoms with Gasteiger partial charge in [0, 0.05) is 78.8 Å². The van der Waals surface area contributed by atoms with Gasteiger partial charge in [0.1, 0.15) is 34.8 Å². The Kier molecular flexibility index (Phi) is 53.1. The van der Waals surface area contributed by atoms with Gasteiger partial charge in [0.2, 0.25) is 0 Å². The van der Waals surface area contributed by atoms with Gasteiger partial charge in [0.05, 0.1) is 69.3 Å². The highest BCUT2D eigenvalue weighted by atomic mass is 19.1. The lowest BCUT2D eigenvalue weighted by atomic mass is 10.0. The van der Waals surface area contributed by atoms with E-state index in [1.165, 1.54) is 55.2 Å². The summed E-state index contributed by atoms with van der Waals surface area (Å²) in [6.07, 6.45) is 12.7. The van der Waals surface area contributed by atoms with E-state index in [0.717, 1.165) is 86.8 Å². The number of carboxylic acids is 7. The SMILES string of the molecule is CCCCCCOc1ccc(C(=O)CCC(=O)O)cc1.CCCCCc1ccc(C(=O)CCC(=O)O)cc1.CCCCOc1ccc(C(=O)CCC(=O)O)cc1.CCCc1ccc(C(=O)CCC(=O)O)cc1.CCc1ccc(C(=O)CCC(=O)O)cc1.O=C(O)CCC(=O)c1cc(F)ccc1F.O=C(O)CCC(=O)c1ccc(F)cc1F. The molecule has 0 bridgehead atoms. The normalized spacial score (nSPS) is 10.1. The van der Waals surface area contributed by atoms with Gasteiger partial charge < -0.3 is 45.2 Å². The van der Waals surface area contributed by atoms with E-state index in [1.807, 2.05) is 43.3 Å². The van der Waals surface area contributed by atoms with Crippen molar-refractivity contribution >= 4 is 82.3 Å². The summed E-state index contributed by atoms with van der Waals surface area (Å²) in [5, 5.41) is 59.1. The monoisotopic (exact) mass is 1630 g/mol. The van der Waals surface area contributed by atoms with Crippen LogP contribution in [0.5, 0.6) is 11.5 Å². The summed E-state index contributed by atoms with van der Waals surface area (Å²) in [6, 6.07) is 41.0. The third-order valence-corrected chi connectivity index (χ3v) is 16.7. The Morgan fingerprint density at radius 3 is 0.872 bits per heavy atom. The van der Waals surface area contributed by atoms with Gasteiger partial charge in [-0.1, -0.05) is 152 Å². The molecule has 632 valence electrons. The highest BCUT2D eigenvalue weighted by Gasteiger charge is 2.18. The van der Waals surface area contributed by atoms with Crippen LogP contribution >= 0.6 is 0 Å². The number of halogens is 4. The molecule has 0 heterocycles. The number of carbonyl (C=O) groups excluding carboxylic acids is 7. The van der Waals surface area contributed by atoms with Crippen LogP contribution in [-0.2, 0) is 52.8 Å². The van der Waals surface area contributed by atoms with Crippen LogP contribution in [0.1, 0.15) is 278 Å². The number of unbranched alkanes of at least 4 members (excludes halogenated alkanes) is 6. The first-order chi connectivity index (χ1) is 55.7. The van der Waals surface area contributed by atoms with Crippen molar-refractivity contribution in [2.45, 2.75) is 208 Å². The summed E-state index contributed by atoms with van der Waals surface area (Å²) in [6.45, 7) is 11.9. The maximum atomic E-state index is 13.0. The van der Waals surface area contributed by atoms with E-state index in [9.17, 15) is 84.7 Å². The zero-order valence-corrected chi connectivity index (χ0v) is 66.7. The fraction of sp³-hybridized carbons (Fsp3) is 0.378. The molecule has 27 heteroatoms. The predicted molar refractivity (Wildman–Crippen MR) is 430 cm³/mol. The highest BCUT2D eigenvalue weighted by Crippen LogP contribution is 2.20. The third-order valence-electron chi connectivity index (χ3n) is 16.7. The Balaban J connectivity index is 0.000000684. The first kappa shape index (κ1) is 103. The van der Waals surface area contributed by atoms with Crippen LogP contribution in [0.15, 0.2) is 158 Å². The summed E-state index contributed by atoms with van der Waals surface area (Å²) in [5.41, 5.74) is 5.78. The molecule has 0 saturated carbocycles. The van der Waals surface area contributed by atoms with Crippen LogP contribution in [0.4, 0.5) is 17.6 Å². The van der Waals surface area contributed by atoms with Gasteiger partial charge in [-0.3, -0.25) is 67.1 Å². The Labute approximate surface area is 678 Å². The first-order valence-corrected chi connectivity index (χ1v) is 38.5. The van der Waals surface area contributed by atoms with E-state index in [1.54, 1.807) is 84.9 Å². The van der Waals surface area contributed by atoms with Gasteiger partial charge in [0.15, 0.2) is 40.5 Å². The van der Waals surface area contributed by atoms with Crippen LogP contribution in [0.2, 0.25) is 0 Å². The average molecular weight is 1630 g/mol. The highest BCUT2D eigenvalue weighted by molar-refractivity contribution is 6.01. The van der Waals surface area contributed by atoms with Crippen LogP contribution in [-0.4, -0.2) is 131 Å². The van der Waals surface area contributed by atoms with Gasteiger partial charge in [-0.15, -0.1) is 0 Å². The number of aliphatic carboxylic acids is 7. The molecule has 7 N–H and O–H groups in total. The third kappa shape index (κ3) is 48.6. The maximum Gasteiger partial charge on any atom is 0.303 e. The minimum absolute atomic E-state index is 0.0331. The van der Waals surface area contributed by atoms with Crippen molar-refractivity contribution in [3.63, 3.8) is 0 Å². The molecule has 0 amide bonds. The largest absolute Gasteiger partial charge is 0.494 e. The first-order valence-electron chi connectivity index (χ1n) is 38.5. The summed E-state index contributed by atoms with van der Waals surface area (Å²) in [4.78, 5) is 153. The minimum Gasteiger partial charge on any atom is -0.494 e. The number of Topliss-reactive ketones (excluding diaryl/α,β-unsaturated/α-hetero) is 7. The topological polar surface area (TPSA) is 399 Å². The van der Waals surface area contributed by atoms with Crippen LogP contribution < -0.4 is 9.47 Å². The number of ketones is 7. The second-order valence-electron chi connectivity index (χ2n) is 26.3. The summed E-state index contributed by atoms with van der Waals surface area (Å²) in [7, 11) is 0. The lowest BCUT2D eigenvalue weighted by Gasteiger charge is -2.06. The van der Waals surface area contributed by atoms with Crippen molar-refractivity contribution in [2.75, 3.05) is 13.2 Å². The molecule has 0 aliphatic rings. The Bertz CT molecular complexity index is 4190. The molecule has 7 aromatic rings. The lowest BCUT2D eigenvalue weighted by molar-refractivity contribution is -0.137. The van der Waals surface area contributed by atoms with E-state index in [4.69, 9.17) is 45.2 Å². The molecule has 0 unspecified atom stereocenters. The predicted octanol–water partition coefficient (Wildman–Crippen LogP) is 19.1. The van der Waals surface area contributed by atoms with Gasteiger partial charge in [-0.2, -0.15) is 0 Å². The number of rotatable bonds is 45. The molecule has 7 rings (SSSR count). The molecule has 0 aliphatic carbocycles. The van der Waals surface area contributed by atoms with Crippen molar-refractivity contribution in [1.29, 1.82) is 0 Å². The lowest BCUT2D eigenvalue weighted by Crippen LogP contribution is -2.06. The summed E-state index contributed by atoms with van der Waals surface area (Å²) >= 11 is 0. The fourth-order valence-electron chi connectivity index (χ4n) is 10.00. The molecule has 7 aromatic carbocycles. The number of ether oxygens (including phenoxy) is 2. The van der Waals surface area contributed by atoms with Crippen LogP contribution in [0.3, 0.4) is 0 Å². The van der Waals surface area contributed by atoms with Crippen LogP contribution in [0.25, 0.3) is 0 Å². The molecule has 23 nitrogen and oxygen atoms in total. The van der Waals surface area contributed by atoms with Gasteiger partial charge in [0.25, 0.3) is 0 Å². The fourth-order valence-corrected chi connectivity index (χ4v) is 10.00. The molecule has 0 atom stereocenters. The molecular weight excluding hydrogens is 1520 g/mol. The second-order valence-corrected chi connectivity index (χ2v) is 26.3. The number of carboxylic acid groups (broad SMARTS) is 7. The quantitative estimate of drug-likeness (QED) is 0.0106. The number of hydrogen-bond acceptors (Lipinski definition) is 16. The zero-order chi connectivity index (χ0) is 87.6. The summed E-state index contributed by atoms with van der Waals surface area (Å²) < 4.78 is 62.2. The molecule has 0 radical (unpaired) electrons. The summed E-state index contributed by atoms with van der Waals surface area (Å²) in [5.74, 6) is -10.8. The van der Waals surface area contributed by atoms with Gasteiger partial charge in [-0.25, -0.2) is 17.6 Å². The zero-order valence-electron chi connectivity index (χ0n) is 66.7. The standard InChI is InChI=1S/C16H22O4.C15H20O3.C14H18O4.C13H16O3.C12H14O3.2C10H8F2O3/c1-2-3-4-5-12-20-14-8-6-13(7-9-14)15(17)10-11-16(18)19;1-2-3-4-5-12-6-8-13(9-7-12)14(16)10-11-15(17)18;1-2-3-10-18-12-6-4-11(5-7-12)13(15)8-9-14(16)17;1-2-3-10-4-6-11(7-5-10)12(14)8-9-13(15)16;1-2-9-3-5-10(6-4-9)11(13)7-8-12(14)15;11-6-1-2-8(12)7(5-6)9(13)3-4-10(14)15;11-6-1-2-7(8(12)5-6)9(13)3-4-10(14)15/h6-9H,2-5,10-12H2,1H3,(H,18,19);6-9H,2-5,10-11H2,1H3,(H,17,18);4-7H,2-3,8-10H2,1H3,(H,16,17);4-7H,2-3,8-9H2,1H3,(H,15,16);3-6H,2,7-8H2,1H3,(H,14,15);2*1-2,5H,3-4H2,(H,14,15). The molecule has 0 saturated heterocycles. The molecular formula is C90H106F4O23. The molecule has 0 fully saturated rings. The second kappa shape index (κ2) is 60.4. The number of carbonyl (C=O) groups is 14. The van der Waals surface area contributed by atoms with E-state index >= 15 is 0 Å². The average Bonchev–Trinajstić information content (AvgIpc) is 0.867. The van der Waals surface area contributed by atoms with Crippen molar-refractivity contribution in [2.24, 2.45) is 0 Å². The Morgan fingerprint density at radius 1 is 0.256 bits per heavy atom. The van der Waals surface area contributed by atoms with Crippen molar-refractivity contribution < 1.29 is 130 Å². The molecule has 0 spiro atoms. The molecule has 117 heavy (non-hydrogen) atoms. The number of hydrogen-bond donors (Lipinski definition) is 7. The van der Waals surface area contributed by atoms with Gasteiger partial charge in [-0.05, 0) is 134 Å². The maximum absolute atomic E-state index is 13.0. The van der Waals surface area contributed by atoms with Crippen molar-refractivity contribution in [1.82, 2.24) is 0 Å². The van der Waals surface area contributed by atoms with E-state index in [0.29, 0.717) is 47.1 Å². The van der Waals surface area contributed by atoms with Crippen molar-refractivity contribution in [3.8, 4) is 11.5 Å². The smallest absolute Gasteiger partial charge is 0.303 e. The molecule has 0 aliphatic heterocycles. The molecule has 0 aromatic heterocycles. The van der Waals surface area contributed by atoms with E-state index < -0.39 is 88.6 Å². The Hall–Kier alpha value is -12.2. The minimum atomic E-state index is -1.15. The van der Waals surface area contributed by atoms with Gasteiger partial charge >= 0.3 is 41.8 Å². The van der Waals surface area contributed by atoms with E-state index in [2.05, 4.69) is 27.7 Å².